The van der Waals surface area contributed by atoms with Gasteiger partial charge in [0.1, 0.15) is 0 Å². The van der Waals surface area contributed by atoms with Crippen molar-refractivity contribution < 1.29 is 9.90 Å². The molecule has 2 N–H and O–H groups in total. The van der Waals surface area contributed by atoms with E-state index in [1.54, 1.807) is 12.2 Å². The van der Waals surface area contributed by atoms with Crippen molar-refractivity contribution >= 4 is 6.09 Å². The molecular formula is C8H9NO2. The summed E-state index contributed by atoms with van der Waals surface area (Å²) >= 11 is 0. The second-order valence-electron chi connectivity index (χ2n) is 2.12. The molecule has 0 aliphatic heterocycles. The van der Waals surface area contributed by atoms with Crippen molar-refractivity contribution in [1.82, 2.24) is 5.32 Å². The third-order valence-corrected chi connectivity index (χ3v) is 1.23. The number of hydrogen-bond acceptors (Lipinski definition) is 1. The van der Waals surface area contributed by atoms with Gasteiger partial charge in [-0.15, -0.1) is 0 Å². The van der Waals surface area contributed by atoms with Gasteiger partial charge in [-0.3, -0.25) is 5.32 Å². The average molecular weight is 151 g/mol. The normalized spacial score (nSPS) is 15.5. The van der Waals surface area contributed by atoms with Crippen molar-refractivity contribution in [2.45, 2.75) is 6.42 Å². The predicted molar refractivity (Wildman–Crippen MR) is 42.1 cm³/mol. The van der Waals surface area contributed by atoms with E-state index in [1.165, 1.54) is 0 Å². The zero-order valence-corrected chi connectivity index (χ0v) is 5.95. The summed E-state index contributed by atoms with van der Waals surface area (Å²) in [7, 11) is 0. The zero-order chi connectivity index (χ0) is 8.10. The van der Waals surface area contributed by atoms with Crippen LogP contribution in [0.1, 0.15) is 6.42 Å². The molecule has 0 spiro atoms. The Hall–Kier alpha value is -1.51. The van der Waals surface area contributed by atoms with Gasteiger partial charge in [-0.2, -0.15) is 0 Å². The highest BCUT2D eigenvalue weighted by atomic mass is 16.4. The first-order chi connectivity index (χ1) is 5.29. The molecule has 1 aliphatic rings. The SMILES string of the molecule is O=C(O)NC1=CC=CCC=C1. The van der Waals surface area contributed by atoms with E-state index in [-0.39, 0.29) is 0 Å². The number of rotatable bonds is 1. The van der Waals surface area contributed by atoms with Gasteiger partial charge in [0.05, 0.1) is 0 Å². The molecule has 1 aliphatic carbocycles. The third kappa shape index (κ3) is 2.71. The molecule has 0 unspecified atom stereocenters. The van der Waals surface area contributed by atoms with Crippen molar-refractivity contribution in [3.63, 3.8) is 0 Å². The molecule has 0 aromatic carbocycles. The maximum atomic E-state index is 10.2. The summed E-state index contributed by atoms with van der Waals surface area (Å²) in [5.41, 5.74) is 0.603. The Labute approximate surface area is 64.7 Å². The predicted octanol–water partition coefficient (Wildman–Crippen LogP) is 1.65. The van der Waals surface area contributed by atoms with Crippen LogP contribution in [0.2, 0.25) is 0 Å². The van der Waals surface area contributed by atoms with Crippen molar-refractivity contribution in [2.75, 3.05) is 0 Å². The number of carboxylic acid groups (broad SMARTS) is 1. The van der Waals surface area contributed by atoms with Crippen molar-refractivity contribution in [3.8, 4) is 0 Å². The topological polar surface area (TPSA) is 49.3 Å². The van der Waals surface area contributed by atoms with Crippen LogP contribution in [-0.4, -0.2) is 11.2 Å². The molecule has 0 bridgehead atoms. The second-order valence-corrected chi connectivity index (χ2v) is 2.12. The molecule has 0 saturated carbocycles. The van der Waals surface area contributed by atoms with E-state index in [4.69, 9.17) is 5.11 Å². The highest BCUT2D eigenvalue weighted by Gasteiger charge is 1.96. The second kappa shape index (κ2) is 3.61. The van der Waals surface area contributed by atoms with Gasteiger partial charge in [0.2, 0.25) is 0 Å². The summed E-state index contributed by atoms with van der Waals surface area (Å²) in [4.78, 5) is 10.2. The van der Waals surface area contributed by atoms with Crippen LogP contribution in [0, 0.1) is 0 Å². The summed E-state index contributed by atoms with van der Waals surface area (Å²) in [5, 5.41) is 10.6. The first-order valence-corrected chi connectivity index (χ1v) is 3.32. The molecule has 0 heterocycles. The molecular weight excluding hydrogens is 142 g/mol. The molecule has 11 heavy (non-hydrogen) atoms. The lowest BCUT2D eigenvalue weighted by Crippen LogP contribution is -2.18. The van der Waals surface area contributed by atoms with Gasteiger partial charge in [0.15, 0.2) is 0 Å². The first kappa shape index (κ1) is 7.60. The van der Waals surface area contributed by atoms with Crippen LogP contribution in [0.25, 0.3) is 0 Å². The lowest BCUT2D eigenvalue weighted by molar-refractivity contribution is 0.198. The van der Waals surface area contributed by atoms with E-state index in [2.05, 4.69) is 5.32 Å². The summed E-state index contributed by atoms with van der Waals surface area (Å²) < 4.78 is 0. The standard InChI is InChI=1S/C8H9NO2/c10-8(11)9-7-5-3-1-2-4-6-7/h1,3-6,9H,2H2,(H,10,11). The summed E-state index contributed by atoms with van der Waals surface area (Å²) in [5.74, 6) is 0. The van der Waals surface area contributed by atoms with E-state index in [9.17, 15) is 4.79 Å². The van der Waals surface area contributed by atoms with Crippen LogP contribution in [0.3, 0.4) is 0 Å². The van der Waals surface area contributed by atoms with Crippen LogP contribution >= 0.6 is 0 Å². The molecule has 3 heteroatoms. The fraction of sp³-hybridized carbons (Fsp3) is 0.125. The van der Waals surface area contributed by atoms with Crippen LogP contribution in [0.4, 0.5) is 4.79 Å². The van der Waals surface area contributed by atoms with E-state index in [0.717, 1.165) is 6.42 Å². The monoisotopic (exact) mass is 151 g/mol. The quantitative estimate of drug-likeness (QED) is 0.598. The van der Waals surface area contributed by atoms with Crippen LogP contribution in [-0.2, 0) is 0 Å². The molecule has 1 rings (SSSR count). The van der Waals surface area contributed by atoms with Gasteiger partial charge in [-0.25, -0.2) is 4.79 Å². The lowest BCUT2D eigenvalue weighted by Gasteiger charge is -1.97. The molecule has 1 amide bonds. The number of nitrogens with one attached hydrogen (secondary N) is 1. The Morgan fingerprint density at radius 3 is 3.09 bits per heavy atom. The third-order valence-electron chi connectivity index (χ3n) is 1.23. The first-order valence-electron chi connectivity index (χ1n) is 3.32. The van der Waals surface area contributed by atoms with E-state index in [1.807, 2.05) is 18.2 Å². The molecule has 58 valence electrons. The van der Waals surface area contributed by atoms with Gasteiger partial charge in [-0.05, 0) is 18.6 Å². The Bertz CT molecular complexity index is 238. The largest absolute Gasteiger partial charge is 0.465 e. The highest BCUT2D eigenvalue weighted by molar-refractivity contribution is 5.68. The van der Waals surface area contributed by atoms with E-state index < -0.39 is 6.09 Å². The van der Waals surface area contributed by atoms with Crippen LogP contribution in [0.5, 0.6) is 0 Å². The number of amides is 1. The highest BCUT2D eigenvalue weighted by Crippen LogP contribution is 2.00. The van der Waals surface area contributed by atoms with Crippen molar-refractivity contribution in [3.05, 3.63) is 36.1 Å². The average Bonchev–Trinajstić information content (AvgIpc) is 2.14. The maximum absolute atomic E-state index is 10.2. The molecule has 0 fully saturated rings. The minimum absolute atomic E-state index is 0.603. The molecule has 3 nitrogen and oxygen atoms in total. The Balaban J connectivity index is 2.62. The molecule has 0 aromatic rings. The summed E-state index contributed by atoms with van der Waals surface area (Å²) in [6.07, 6.45) is 8.95. The van der Waals surface area contributed by atoms with Gasteiger partial charge < -0.3 is 5.11 Å². The van der Waals surface area contributed by atoms with Crippen LogP contribution in [0.15, 0.2) is 36.1 Å². The number of allylic oxidation sites excluding steroid dienone is 5. The minimum atomic E-state index is -1.03. The van der Waals surface area contributed by atoms with Gasteiger partial charge >= 0.3 is 6.09 Å². The van der Waals surface area contributed by atoms with Crippen molar-refractivity contribution in [2.24, 2.45) is 0 Å². The lowest BCUT2D eigenvalue weighted by atomic mass is 10.3. The van der Waals surface area contributed by atoms with Crippen molar-refractivity contribution in [1.29, 1.82) is 0 Å². The number of hydrogen-bond donors (Lipinski definition) is 2. The zero-order valence-electron chi connectivity index (χ0n) is 5.95. The minimum Gasteiger partial charge on any atom is -0.465 e. The van der Waals surface area contributed by atoms with Gasteiger partial charge in [0, 0.05) is 5.70 Å². The van der Waals surface area contributed by atoms with E-state index in [0.29, 0.717) is 5.70 Å². The van der Waals surface area contributed by atoms with E-state index >= 15 is 0 Å². The van der Waals surface area contributed by atoms with Gasteiger partial charge in [0.25, 0.3) is 0 Å². The Morgan fingerprint density at radius 1 is 1.55 bits per heavy atom. The molecule has 0 saturated heterocycles. The van der Waals surface area contributed by atoms with Gasteiger partial charge in [-0.1, -0.05) is 18.2 Å². The molecule has 0 atom stereocenters. The fourth-order valence-corrected chi connectivity index (χ4v) is 0.786. The molecule has 0 radical (unpaired) electrons. The molecule has 0 aromatic heterocycles. The smallest absolute Gasteiger partial charge is 0.409 e. The van der Waals surface area contributed by atoms with Crippen LogP contribution < -0.4 is 5.32 Å². The fourth-order valence-electron chi connectivity index (χ4n) is 0.786. The Morgan fingerprint density at radius 2 is 2.36 bits per heavy atom. The summed E-state index contributed by atoms with van der Waals surface area (Å²) in [6.45, 7) is 0. The maximum Gasteiger partial charge on any atom is 0.409 e. The number of carbonyl (C=O) groups is 1. The Kier molecular flexibility index (Phi) is 2.49. The summed E-state index contributed by atoms with van der Waals surface area (Å²) in [6, 6.07) is 0.